The number of Topliss-reactive ketones (excluding diaryl/α,β-unsaturated/α-hetero) is 1. The molecular weight excluding hydrogens is 368 g/mol. The van der Waals surface area contributed by atoms with Gasteiger partial charge in [0.15, 0.2) is 5.78 Å². The van der Waals surface area contributed by atoms with Crippen LogP contribution in [0, 0.1) is 11.8 Å². The van der Waals surface area contributed by atoms with Crippen molar-refractivity contribution in [1.29, 1.82) is 0 Å². The van der Waals surface area contributed by atoms with Crippen LogP contribution in [0.4, 0.5) is 0 Å². The molecule has 1 unspecified atom stereocenters. The van der Waals surface area contributed by atoms with E-state index in [4.69, 9.17) is 11.6 Å². The van der Waals surface area contributed by atoms with Gasteiger partial charge >= 0.3 is 0 Å². The SMILES string of the molecule is CC(C)Cc1[nH]nc2ccc(C(=O)C3CCC[C@@H](c4ccc(Cl)cc4)C3)cc12. The molecule has 1 heterocycles. The summed E-state index contributed by atoms with van der Waals surface area (Å²) >= 11 is 6.03. The standard InChI is InChI=1S/C24H27ClN2O/c1-15(2)12-23-21-14-19(8-11-22(21)26-27-23)24(28)18-5-3-4-17(13-18)16-6-9-20(25)10-7-16/h6-11,14-15,17-18H,3-5,12-13H2,1-2H3,(H,26,27)/t17-,18?/m1/s1. The second-order valence-electron chi connectivity index (χ2n) is 8.51. The molecule has 3 nitrogen and oxygen atoms in total. The van der Waals surface area contributed by atoms with E-state index in [0.717, 1.165) is 59.3 Å². The Hall–Kier alpha value is -2.13. The Morgan fingerprint density at radius 3 is 2.71 bits per heavy atom. The van der Waals surface area contributed by atoms with Crippen LogP contribution in [0.25, 0.3) is 10.9 Å². The zero-order valence-electron chi connectivity index (χ0n) is 16.5. The molecule has 0 saturated heterocycles. The van der Waals surface area contributed by atoms with Gasteiger partial charge in [-0.2, -0.15) is 5.10 Å². The Bertz CT molecular complexity index is 974. The first-order valence-corrected chi connectivity index (χ1v) is 10.7. The van der Waals surface area contributed by atoms with Crippen molar-refractivity contribution in [2.75, 3.05) is 0 Å². The molecule has 4 heteroatoms. The lowest BCUT2D eigenvalue weighted by molar-refractivity contribution is 0.0881. The minimum atomic E-state index is 0.0901. The molecule has 1 N–H and O–H groups in total. The van der Waals surface area contributed by atoms with Crippen molar-refractivity contribution in [1.82, 2.24) is 10.2 Å². The summed E-state index contributed by atoms with van der Waals surface area (Å²) in [6.45, 7) is 4.39. The van der Waals surface area contributed by atoms with Gasteiger partial charge in [-0.25, -0.2) is 0 Å². The second kappa shape index (κ2) is 8.08. The summed E-state index contributed by atoms with van der Waals surface area (Å²) in [5, 5.41) is 9.40. The average Bonchev–Trinajstić information content (AvgIpc) is 3.09. The van der Waals surface area contributed by atoms with Crippen LogP contribution in [0.5, 0.6) is 0 Å². The molecule has 2 aromatic carbocycles. The molecule has 1 fully saturated rings. The molecule has 1 aromatic heterocycles. The number of carbonyl (C=O) groups is 1. The van der Waals surface area contributed by atoms with Crippen LogP contribution in [0.15, 0.2) is 42.5 Å². The van der Waals surface area contributed by atoms with Gasteiger partial charge < -0.3 is 0 Å². The Morgan fingerprint density at radius 1 is 1.18 bits per heavy atom. The number of fused-ring (bicyclic) bond motifs is 1. The highest BCUT2D eigenvalue weighted by Gasteiger charge is 2.29. The zero-order valence-corrected chi connectivity index (χ0v) is 17.3. The number of halogens is 1. The van der Waals surface area contributed by atoms with Gasteiger partial charge in [0, 0.05) is 27.6 Å². The van der Waals surface area contributed by atoms with Crippen molar-refractivity contribution in [3.8, 4) is 0 Å². The molecule has 1 saturated carbocycles. The fraction of sp³-hybridized carbons (Fsp3) is 0.417. The maximum Gasteiger partial charge on any atom is 0.165 e. The summed E-state index contributed by atoms with van der Waals surface area (Å²) in [5.41, 5.74) is 4.18. The predicted molar refractivity (Wildman–Crippen MR) is 115 cm³/mol. The van der Waals surface area contributed by atoms with E-state index in [0.29, 0.717) is 11.8 Å². The number of carbonyl (C=O) groups excluding carboxylic acids is 1. The minimum absolute atomic E-state index is 0.0901. The molecular formula is C24H27ClN2O. The molecule has 0 bridgehead atoms. The number of nitrogens with zero attached hydrogens (tertiary/aromatic N) is 1. The first kappa shape index (κ1) is 19.2. The van der Waals surface area contributed by atoms with Crippen molar-refractivity contribution < 1.29 is 4.79 Å². The Morgan fingerprint density at radius 2 is 1.96 bits per heavy atom. The number of hydrogen-bond acceptors (Lipinski definition) is 2. The average molecular weight is 395 g/mol. The largest absolute Gasteiger partial charge is 0.294 e. The van der Waals surface area contributed by atoms with Gasteiger partial charge in [-0.3, -0.25) is 9.89 Å². The number of aromatic nitrogens is 2. The fourth-order valence-corrected chi connectivity index (χ4v) is 4.61. The number of nitrogens with one attached hydrogen (secondary N) is 1. The van der Waals surface area contributed by atoms with Crippen LogP contribution in [0.1, 0.15) is 67.1 Å². The number of benzene rings is 2. The molecule has 0 amide bonds. The van der Waals surface area contributed by atoms with Gasteiger partial charge in [0.05, 0.1) is 5.52 Å². The molecule has 0 aliphatic heterocycles. The second-order valence-corrected chi connectivity index (χ2v) is 8.94. The number of hydrogen-bond donors (Lipinski definition) is 1. The smallest absolute Gasteiger partial charge is 0.165 e. The van der Waals surface area contributed by atoms with Gasteiger partial charge in [0.2, 0.25) is 0 Å². The van der Waals surface area contributed by atoms with Crippen LogP contribution < -0.4 is 0 Å². The van der Waals surface area contributed by atoms with E-state index in [1.807, 2.05) is 30.3 Å². The van der Waals surface area contributed by atoms with Crippen molar-refractivity contribution in [3.63, 3.8) is 0 Å². The van der Waals surface area contributed by atoms with Crippen molar-refractivity contribution in [2.45, 2.75) is 51.9 Å². The summed E-state index contributed by atoms with van der Waals surface area (Å²) in [5.74, 6) is 1.35. The number of ketones is 1. The number of H-pyrrole nitrogens is 1. The van der Waals surface area contributed by atoms with Gasteiger partial charge in [0.1, 0.15) is 0 Å². The Balaban J connectivity index is 1.55. The highest BCUT2D eigenvalue weighted by atomic mass is 35.5. The predicted octanol–water partition coefficient (Wildman–Crippen LogP) is 6.57. The maximum atomic E-state index is 13.3. The van der Waals surface area contributed by atoms with E-state index in [1.54, 1.807) is 0 Å². The lowest BCUT2D eigenvalue weighted by Crippen LogP contribution is -2.22. The highest BCUT2D eigenvalue weighted by molar-refractivity contribution is 6.30. The van der Waals surface area contributed by atoms with E-state index < -0.39 is 0 Å². The monoisotopic (exact) mass is 394 g/mol. The zero-order chi connectivity index (χ0) is 19.7. The van der Waals surface area contributed by atoms with Crippen LogP contribution in [0.2, 0.25) is 5.02 Å². The normalized spacial score (nSPS) is 20.0. The summed E-state index contributed by atoms with van der Waals surface area (Å²) < 4.78 is 0. The molecule has 0 radical (unpaired) electrons. The summed E-state index contributed by atoms with van der Waals surface area (Å²) in [7, 11) is 0. The highest BCUT2D eigenvalue weighted by Crippen LogP contribution is 2.38. The summed E-state index contributed by atoms with van der Waals surface area (Å²) in [6, 6.07) is 14.1. The van der Waals surface area contributed by atoms with Crippen molar-refractivity contribution in [2.24, 2.45) is 11.8 Å². The van der Waals surface area contributed by atoms with E-state index in [-0.39, 0.29) is 11.7 Å². The summed E-state index contributed by atoms with van der Waals surface area (Å²) in [6.07, 6.45) is 5.07. The van der Waals surface area contributed by atoms with Gasteiger partial charge in [0.25, 0.3) is 0 Å². The third-order valence-corrected chi connectivity index (χ3v) is 6.17. The quantitative estimate of drug-likeness (QED) is 0.497. The summed E-state index contributed by atoms with van der Waals surface area (Å²) in [4.78, 5) is 13.3. The molecule has 1 aliphatic rings. The third-order valence-electron chi connectivity index (χ3n) is 5.92. The van der Waals surface area contributed by atoms with Crippen molar-refractivity contribution in [3.05, 3.63) is 64.3 Å². The molecule has 1 aliphatic carbocycles. The Kier molecular flexibility index (Phi) is 5.54. The van der Waals surface area contributed by atoms with E-state index in [2.05, 4.69) is 36.2 Å². The number of aromatic amines is 1. The van der Waals surface area contributed by atoms with E-state index in [1.165, 1.54) is 5.56 Å². The lowest BCUT2D eigenvalue weighted by atomic mass is 9.75. The first-order valence-electron chi connectivity index (χ1n) is 10.3. The van der Waals surface area contributed by atoms with E-state index >= 15 is 0 Å². The molecule has 0 spiro atoms. The van der Waals surface area contributed by atoms with Crippen LogP contribution in [-0.4, -0.2) is 16.0 Å². The topological polar surface area (TPSA) is 45.8 Å². The van der Waals surface area contributed by atoms with Gasteiger partial charge in [-0.15, -0.1) is 0 Å². The molecule has 2 atom stereocenters. The Labute approximate surface area is 171 Å². The minimum Gasteiger partial charge on any atom is -0.294 e. The van der Waals surface area contributed by atoms with Crippen molar-refractivity contribution >= 4 is 28.3 Å². The third kappa shape index (κ3) is 4.00. The van der Waals surface area contributed by atoms with Gasteiger partial charge in [-0.1, -0.05) is 44.0 Å². The maximum absolute atomic E-state index is 13.3. The van der Waals surface area contributed by atoms with Crippen LogP contribution >= 0.6 is 11.6 Å². The molecule has 4 rings (SSSR count). The molecule has 146 valence electrons. The lowest BCUT2D eigenvalue weighted by Gasteiger charge is -2.28. The van der Waals surface area contributed by atoms with Crippen LogP contribution in [0.3, 0.4) is 0 Å². The van der Waals surface area contributed by atoms with Crippen LogP contribution in [-0.2, 0) is 6.42 Å². The number of rotatable bonds is 5. The first-order chi connectivity index (χ1) is 13.5. The molecule has 3 aromatic rings. The molecule has 28 heavy (non-hydrogen) atoms. The fourth-order valence-electron chi connectivity index (χ4n) is 4.48. The van der Waals surface area contributed by atoms with E-state index in [9.17, 15) is 4.79 Å². The van der Waals surface area contributed by atoms with Gasteiger partial charge in [-0.05, 0) is 73.4 Å².